The fourth-order valence-electron chi connectivity index (χ4n) is 12.4. The van der Waals surface area contributed by atoms with Crippen LogP contribution in [0.4, 0.5) is 22.7 Å². The summed E-state index contributed by atoms with van der Waals surface area (Å²) < 4.78 is 9.66. The Morgan fingerprint density at radius 2 is 1.21 bits per heavy atom. The van der Waals surface area contributed by atoms with E-state index in [2.05, 4.69) is 212 Å². The minimum Gasteiger partial charge on any atom is -0.457 e. The van der Waals surface area contributed by atoms with Gasteiger partial charge >= 0.3 is 0 Å². The lowest BCUT2D eigenvalue weighted by atomic mass is 9.59. The zero-order valence-corrected chi connectivity index (χ0v) is 44.7. The van der Waals surface area contributed by atoms with Crippen molar-refractivity contribution < 1.29 is 4.74 Å². The summed E-state index contributed by atoms with van der Waals surface area (Å²) in [6.07, 6.45) is 1.85. The molecule has 0 bridgehead atoms. The van der Waals surface area contributed by atoms with E-state index in [4.69, 9.17) is 16.3 Å². The lowest BCUT2D eigenvalue weighted by molar-refractivity contribution is 0.484. The van der Waals surface area contributed by atoms with E-state index in [1.807, 2.05) is 42.6 Å². The van der Waals surface area contributed by atoms with Crippen LogP contribution in [-0.2, 0) is 27.1 Å². The van der Waals surface area contributed by atoms with Crippen molar-refractivity contribution in [3.63, 3.8) is 0 Å². The predicted molar refractivity (Wildman–Crippen MR) is 304 cm³/mol. The number of para-hydroxylation sites is 2. The third-order valence-electron chi connectivity index (χ3n) is 16.0. The quantitative estimate of drug-likeness (QED) is 0.165. The Morgan fingerprint density at radius 1 is 0.562 bits per heavy atom. The fourth-order valence-corrected chi connectivity index (χ4v) is 12.4. The first kappa shape index (κ1) is 46.5. The van der Waals surface area contributed by atoms with Gasteiger partial charge in [0.25, 0.3) is 0 Å². The topological polar surface area (TPSA) is 37.9 Å². The number of hydrogen-bond donors (Lipinski definition) is 0. The van der Waals surface area contributed by atoms with Crippen molar-refractivity contribution in [1.82, 2.24) is 9.55 Å². The highest BCUT2D eigenvalue weighted by Gasteiger charge is 2.57. The van der Waals surface area contributed by atoms with E-state index in [0.29, 0.717) is 12.4 Å². The van der Waals surface area contributed by atoms with Crippen LogP contribution in [-0.4, -0.2) is 23.3 Å². The normalized spacial score (nSPS) is 14.6. The van der Waals surface area contributed by atoms with Crippen LogP contribution in [0, 0.1) is 6.57 Å². The molecule has 0 fully saturated rings. The van der Waals surface area contributed by atoms with Crippen molar-refractivity contribution in [2.24, 2.45) is 0 Å². The second-order valence-electron chi connectivity index (χ2n) is 24.9. The Bertz CT molecular complexity index is 3720. The molecule has 0 N–H and O–H groups in total. The molecule has 3 aliphatic rings. The molecule has 2 aromatic heterocycles. The van der Waals surface area contributed by atoms with Gasteiger partial charge in [0.15, 0.2) is 5.69 Å². The lowest BCUT2D eigenvalue weighted by Crippen LogP contribution is -2.40. The molecule has 73 heavy (non-hydrogen) atoms. The number of nitrogens with zero attached hydrogens (tertiary/aromatic N) is 5. The van der Waals surface area contributed by atoms with Gasteiger partial charge in [0.1, 0.15) is 17.3 Å². The first-order valence-electron chi connectivity index (χ1n) is 25.9. The molecule has 364 valence electrons. The molecule has 1 aliphatic carbocycles. The zero-order chi connectivity index (χ0) is 51.3. The van der Waals surface area contributed by atoms with Gasteiger partial charge < -0.3 is 14.5 Å². The third kappa shape index (κ3) is 6.91. The summed E-state index contributed by atoms with van der Waals surface area (Å²) in [4.78, 5) is 13.5. The number of fused-ring (bicyclic) bond motifs is 12. The molecular weight excluding hydrogens is 891 g/mol. The van der Waals surface area contributed by atoms with Crippen LogP contribution in [0.25, 0.3) is 54.7 Å². The van der Waals surface area contributed by atoms with Crippen molar-refractivity contribution in [2.45, 2.75) is 110 Å². The molecular formula is C67H65N5O. The molecule has 7 aromatic carbocycles. The highest BCUT2D eigenvalue weighted by molar-refractivity contribution is 6.11. The highest BCUT2D eigenvalue weighted by Crippen LogP contribution is 2.68. The van der Waals surface area contributed by atoms with Crippen LogP contribution < -0.4 is 14.5 Å². The van der Waals surface area contributed by atoms with Crippen LogP contribution in [0.2, 0.25) is 0 Å². The van der Waals surface area contributed by atoms with Crippen LogP contribution >= 0.6 is 0 Å². The number of hydrogen-bond acceptors (Lipinski definition) is 4. The molecule has 0 amide bonds. The zero-order valence-electron chi connectivity index (χ0n) is 44.7. The lowest BCUT2D eigenvalue weighted by Gasteiger charge is -2.46. The van der Waals surface area contributed by atoms with Gasteiger partial charge in [0.05, 0.1) is 46.8 Å². The molecule has 1 spiro atoms. The van der Waals surface area contributed by atoms with Crippen molar-refractivity contribution in [3.05, 3.63) is 202 Å². The second-order valence-corrected chi connectivity index (χ2v) is 24.9. The van der Waals surface area contributed by atoms with E-state index in [0.717, 1.165) is 55.9 Å². The van der Waals surface area contributed by atoms with Crippen LogP contribution in [0.1, 0.15) is 128 Å². The maximum atomic E-state index is 7.74. The number of ether oxygens (including phenoxy) is 1. The SMILES string of the molecule is [C-]#[N+]c1ccc(-c2cc3c4ccccc4n(-c4ccccn4)c3cc2Oc2ccc3c(c2)N2CN(C)c4cccc(c42)C32c3c(cc(C(C)(C)C)cc3C(C)(C)C)-c3cc(C(C)(C)C)cc(C(C)(C)C)c32)cc1. The summed E-state index contributed by atoms with van der Waals surface area (Å²) in [5, 5.41) is 2.23. The van der Waals surface area contributed by atoms with Crippen molar-refractivity contribution in [3.8, 4) is 39.6 Å². The minimum absolute atomic E-state index is 0.0729. The Labute approximate surface area is 431 Å². The van der Waals surface area contributed by atoms with Gasteiger partial charge in [0.2, 0.25) is 0 Å². The molecule has 12 rings (SSSR count). The van der Waals surface area contributed by atoms with Gasteiger partial charge in [-0.3, -0.25) is 4.57 Å². The van der Waals surface area contributed by atoms with Crippen LogP contribution in [0.15, 0.2) is 146 Å². The highest BCUT2D eigenvalue weighted by atomic mass is 16.5. The summed E-state index contributed by atoms with van der Waals surface area (Å²) in [5.74, 6) is 2.31. The third-order valence-corrected chi connectivity index (χ3v) is 16.0. The molecule has 0 unspecified atom stereocenters. The molecule has 0 saturated heterocycles. The van der Waals surface area contributed by atoms with E-state index in [1.165, 1.54) is 67.0 Å². The van der Waals surface area contributed by atoms with Gasteiger partial charge in [-0.2, -0.15) is 0 Å². The fraction of sp³-hybridized carbons (Fsp3) is 0.284. The van der Waals surface area contributed by atoms with Gasteiger partial charge in [0, 0.05) is 41.7 Å². The molecule has 6 nitrogen and oxygen atoms in total. The molecule has 0 atom stereocenters. The molecule has 0 saturated carbocycles. The first-order chi connectivity index (χ1) is 34.6. The average molecular weight is 956 g/mol. The number of aromatic nitrogens is 2. The van der Waals surface area contributed by atoms with Gasteiger partial charge in [-0.1, -0.05) is 174 Å². The first-order valence-corrected chi connectivity index (χ1v) is 25.9. The average Bonchev–Trinajstić information content (AvgIpc) is 3.97. The molecule has 2 aliphatic heterocycles. The standard InChI is InChI=1S/C67H65N5O/c1-63(2,3)41-32-48-49-33-42(64(4,5)6)35-53(66(10,11)12)61(49)67(60(48)52(34-41)65(7,8)9)50-30-29-44(36-57(50)71-39-70(14)55-23-19-21-51(67)62(55)71)73-58-38-56-47(37-46(58)40-25-27-43(68-13)28-26-40)45-20-15-16-22-54(45)72(56)59-24-17-18-31-69-59/h15-38H,39H2,1-12,14H3. The van der Waals surface area contributed by atoms with Crippen LogP contribution in [0.5, 0.6) is 11.5 Å². The number of rotatable bonds is 4. The number of pyridine rings is 1. The Morgan fingerprint density at radius 3 is 1.81 bits per heavy atom. The van der Waals surface area contributed by atoms with Gasteiger partial charge in [-0.05, 0) is 119 Å². The predicted octanol–water partition coefficient (Wildman–Crippen LogP) is 17.6. The van der Waals surface area contributed by atoms with Crippen molar-refractivity contribution in [2.75, 3.05) is 23.5 Å². The maximum absolute atomic E-state index is 7.74. The summed E-state index contributed by atoms with van der Waals surface area (Å²) in [6.45, 7) is 37.0. The van der Waals surface area contributed by atoms with E-state index >= 15 is 0 Å². The summed E-state index contributed by atoms with van der Waals surface area (Å²) >= 11 is 0. The molecule has 0 radical (unpaired) electrons. The molecule has 9 aromatic rings. The van der Waals surface area contributed by atoms with Gasteiger partial charge in [-0.25, -0.2) is 9.83 Å². The summed E-state index contributed by atoms with van der Waals surface area (Å²) in [7, 11) is 2.23. The van der Waals surface area contributed by atoms with Crippen molar-refractivity contribution >= 4 is 44.6 Å². The maximum Gasteiger partial charge on any atom is 0.187 e. The Kier molecular flexibility index (Phi) is 9.98. The molecule has 6 heteroatoms. The van der Waals surface area contributed by atoms with Gasteiger partial charge in [-0.15, -0.1) is 0 Å². The smallest absolute Gasteiger partial charge is 0.187 e. The van der Waals surface area contributed by atoms with E-state index in [9.17, 15) is 0 Å². The largest absolute Gasteiger partial charge is 0.457 e. The van der Waals surface area contributed by atoms with E-state index in [-0.39, 0.29) is 21.7 Å². The number of benzene rings is 7. The van der Waals surface area contributed by atoms with Crippen molar-refractivity contribution in [1.29, 1.82) is 0 Å². The summed E-state index contributed by atoms with van der Waals surface area (Å²) in [6, 6.07) is 51.1. The van der Waals surface area contributed by atoms with E-state index in [1.54, 1.807) is 0 Å². The molecule has 4 heterocycles. The monoisotopic (exact) mass is 956 g/mol. The summed E-state index contributed by atoms with van der Waals surface area (Å²) in [5.41, 5.74) is 20.6. The Balaban J connectivity index is 1.17. The number of anilines is 3. The second kappa shape index (κ2) is 15.7. The van der Waals surface area contributed by atoms with Crippen LogP contribution in [0.3, 0.4) is 0 Å². The minimum atomic E-state index is -0.665. The van der Waals surface area contributed by atoms with E-state index < -0.39 is 5.41 Å². The Hall–Kier alpha value is -7.62.